The summed E-state index contributed by atoms with van der Waals surface area (Å²) in [6.07, 6.45) is 7.68. The first kappa shape index (κ1) is 26.0. The molecule has 0 bridgehead atoms. The Bertz CT molecular complexity index is 870. The number of rotatable bonds is 14. The maximum atomic E-state index is 12.0. The van der Waals surface area contributed by atoms with Gasteiger partial charge in [0.2, 0.25) is 0 Å². The molecule has 0 saturated heterocycles. The summed E-state index contributed by atoms with van der Waals surface area (Å²) in [6.45, 7) is 4.96. The zero-order valence-electron chi connectivity index (χ0n) is 19.8. The summed E-state index contributed by atoms with van der Waals surface area (Å²) in [4.78, 5) is 23.6. The molecule has 1 atom stereocenters. The van der Waals surface area contributed by atoms with Crippen molar-refractivity contribution in [1.29, 1.82) is 0 Å². The summed E-state index contributed by atoms with van der Waals surface area (Å²) < 4.78 is 21.4. The molecule has 0 amide bonds. The summed E-state index contributed by atoms with van der Waals surface area (Å²) in [5.41, 5.74) is 0.878. The van der Waals surface area contributed by atoms with Crippen LogP contribution in [-0.4, -0.2) is 32.3 Å². The second-order valence-electron chi connectivity index (χ2n) is 7.74. The quantitative estimate of drug-likeness (QED) is 0.154. The van der Waals surface area contributed by atoms with Gasteiger partial charge in [0.05, 0.1) is 26.2 Å². The van der Waals surface area contributed by atoms with Gasteiger partial charge in [-0.1, -0.05) is 26.0 Å². The average molecular weight is 455 g/mol. The van der Waals surface area contributed by atoms with Gasteiger partial charge >= 0.3 is 11.9 Å². The minimum Gasteiger partial charge on any atom is -0.497 e. The molecule has 178 valence electrons. The van der Waals surface area contributed by atoms with Crippen LogP contribution in [0, 0.1) is 5.92 Å². The van der Waals surface area contributed by atoms with Crippen molar-refractivity contribution in [2.45, 2.75) is 46.0 Å². The smallest absolute Gasteiger partial charge is 0.336 e. The van der Waals surface area contributed by atoms with Crippen molar-refractivity contribution in [2.24, 2.45) is 5.92 Å². The number of unbranched alkanes of at least 4 members (excludes halogenated alkanes) is 3. The van der Waals surface area contributed by atoms with E-state index in [1.54, 1.807) is 37.5 Å². The molecule has 0 aromatic heterocycles. The number of ether oxygens (including phenoxy) is 4. The van der Waals surface area contributed by atoms with E-state index in [4.69, 9.17) is 18.9 Å². The number of esters is 2. The van der Waals surface area contributed by atoms with Gasteiger partial charge in [-0.15, -0.1) is 0 Å². The van der Waals surface area contributed by atoms with E-state index in [9.17, 15) is 9.59 Å². The molecule has 0 saturated carbocycles. The normalized spacial score (nSPS) is 11.7. The molecule has 2 rings (SSSR count). The van der Waals surface area contributed by atoms with Crippen molar-refractivity contribution in [2.75, 3.05) is 20.3 Å². The topological polar surface area (TPSA) is 71.1 Å². The summed E-state index contributed by atoms with van der Waals surface area (Å²) in [6, 6.07) is 14.4. The first-order chi connectivity index (χ1) is 16.0. The summed E-state index contributed by atoms with van der Waals surface area (Å²) in [5.74, 6) is 1.36. The zero-order valence-corrected chi connectivity index (χ0v) is 19.8. The number of methoxy groups -OCH3 is 1. The van der Waals surface area contributed by atoms with E-state index in [1.165, 1.54) is 6.08 Å². The van der Waals surface area contributed by atoms with Gasteiger partial charge in [-0.25, -0.2) is 4.79 Å². The molecule has 0 radical (unpaired) electrons. The maximum absolute atomic E-state index is 12.0. The molecule has 0 aliphatic rings. The zero-order chi connectivity index (χ0) is 23.9. The van der Waals surface area contributed by atoms with Crippen molar-refractivity contribution >= 4 is 18.0 Å². The molecule has 6 nitrogen and oxygen atoms in total. The second kappa shape index (κ2) is 14.7. The van der Waals surface area contributed by atoms with Crippen molar-refractivity contribution in [3.05, 3.63) is 60.2 Å². The highest BCUT2D eigenvalue weighted by molar-refractivity contribution is 5.88. The number of benzene rings is 2. The molecule has 33 heavy (non-hydrogen) atoms. The predicted molar refractivity (Wildman–Crippen MR) is 128 cm³/mol. The highest BCUT2D eigenvalue weighted by atomic mass is 16.5. The van der Waals surface area contributed by atoms with Crippen LogP contribution in [0.5, 0.6) is 17.2 Å². The van der Waals surface area contributed by atoms with E-state index < -0.39 is 5.97 Å². The van der Waals surface area contributed by atoms with Crippen LogP contribution in [0.1, 0.15) is 51.5 Å². The fourth-order valence-electron chi connectivity index (χ4n) is 2.86. The lowest BCUT2D eigenvalue weighted by molar-refractivity contribution is -0.148. The lowest BCUT2D eigenvalue weighted by atomic mass is 10.1. The maximum Gasteiger partial charge on any atom is 0.336 e. The Morgan fingerprint density at radius 3 is 2.09 bits per heavy atom. The SMILES string of the molecule is CCC(C)C(=O)OCCCCCCOc1ccc(OC(=O)/C=C/c2ccc(OC)cc2)cc1. The highest BCUT2D eigenvalue weighted by Crippen LogP contribution is 2.19. The Labute approximate surface area is 196 Å². The van der Waals surface area contributed by atoms with Crippen LogP contribution < -0.4 is 14.2 Å². The third-order valence-electron chi connectivity index (χ3n) is 5.14. The largest absolute Gasteiger partial charge is 0.497 e. The fourth-order valence-corrected chi connectivity index (χ4v) is 2.86. The number of hydrogen-bond donors (Lipinski definition) is 0. The molecule has 0 aliphatic carbocycles. The van der Waals surface area contributed by atoms with Crippen LogP contribution in [-0.2, 0) is 14.3 Å². The molecule has 1 unspecified atom stereocenters. The number of carbonyl (C=O) groups is 2. The minimum absolute atomic E-state index is 0.0240. The highest BCUT2D eigenvalue weighted by Gasteiger charge is 2.11. The Balaban J connectivity index is 1.60. The first-order valence-electron chi connectivity index (χ1n) is 11.4. The molecular weight excluding hydrogens is 420 g/mol. The van der Waals surface area contributed by atoms with Gasteiger partial charge in [-0.3, -0.25) is 4.79 Å². The third-order valence-corrected chi connectivity index (χ3v) is 5.14. The van der Waals surface area contributed by atoms with Gasteiger partial charge in [0, 0.05) is 6.08 Å². The van der Waals surface area contributed by atoms with E-state index in [2.05, 4.69) is 0 Å². The van der Waals surface area contributed by atoms with Crippen LogP contribution in [0.25, 0.3) is 6.08 Å². The van der Waals surface area contributed by atoms with Gasteiger partial charge in [0.15, 0.2) is 0 Å². The van der Waals surface area contributed by atoms with Crippen LogP contribution in [0.4, 0.5) is 0 Å². The Morgan fingerprint density at radius 2 is 1.45 bits per heavy atom. The first-order valence-corrected chi connectivity index (χ1v) is 11.4. The standard InChI is InChI=1S/C27H34O6/c1-4-21(2)27(29)32-20-8-6-5-7-19-31-24-14-16-25(17-15-24)33-26(28)18-11-22-9-12-23(30-3)13-10-22/h9-18,21H,4-8,19-20H2,1-3H3/b18-11+. The summed E-state index contributed by atoms with van der Waals surface area (Å²) in [5, 5.41) is 0. The van der Waals surface area contributed by atoms with Gasteiger partial charge in [-0.2, -0.15) is 0 Å². The lowest BCUT2D eigenvalue weighted by Gasteiger charge is -2.09. The van der Waals surface area contributed by atoms with Crippen LogP contribution in [0.3, 0.4) is 0 Å². The van der Waals surface area contributed by atoms with Gasteiger partial charge in [0.1, 0.15) is 17.2 Å². The van der Waals surface area contributed by atoms with Gasteiger partial charge in [-0.05, 0) is 80.1 Å². The van der Waals surface area contributed by atoms with E-state index in [-0.39, 0.29) is 11.9 Å². The third kappa shape index (κ3) is 10.3. The monoisotopic (exact) mass is 454 g/mol. The van der Waals surface area contributed by atoms with Crippen molar-refractivity contribution in [3.63, 3.8) is 0 Å². The Hall–Kier alpha value is -3.28. The number of hydrogen-bond acceptors (Lipinski definition) is 6. The average Bonchev–Trinajstić information content (AvgIpc) is 2.85. The van der Waals surface area contributed by atoms with E-state index in [0.29, 0.717) is 19.0 Å². The lowest BCUT2D eigenvalue weighted by Crippen LogP contribution is -2.14. The molecule has 0 fully saturated rings. The van der Waals surface area contributed by atoms with Gasteiger partial charge in [0.25, 0.3) is 0 Å². The fraction of sp³-hybridized carbons (Fsp3) is 0.407. The van der Waals surface area contributed by atoms with Crippen molar-refractivity contribution < 1.29 is 28.5 Å². The van der Waals surface area contributed by atoms with E-state index >= 15 is 0 Å². The number of carbonyl (C=O) groups excluding carboxylic acids is 2. The molecule has 0 aliphatic heterocycles. The molecule has 2 aromatic rings. The van der Waals surface area contributed by atoms with E-state index in [1.807, 2.05) is 38.1 Å². The van der Waals surface area contributed by atoms with Crippen LogP contribution >= 0.6 is 0 Å². The van der Waals surface area contributed by atoms with Crippen molar-refractivity contribution in [3.8, 4) is 17.2 Å². The minimum atomic E-state index is -0.450. The van der Waals surface area contributed by atoms with Crippen LogP contribution in [0.2, 0.25) is 0 Å². The Kier molecular flexibility index (Phi) is 11.6. The molecule has 0 N–H and O–H groups in total. The van der Waals surface area contributed by atoms with Crippen molar-refractivity contribution in [1.82, 2.24) is 0 Å². The predicted octanol–water partition coefficient (Wildman–Crippen LogP) is 5.84. The second-order valence-corrected chi connectivity index (χ2v) is 7.74. The van der Waals surface area contributed by atoms with E-state index in [0.717, 1.165) is 49.2 Å². The molecule has 0 heterocycles. The Morgan fingerprint density at radius 1 is 0.848 bits per heavy atom. The summed E-state index contributed by atoms with van der Waals surface area (Å²) in [7, 11) is 1.61. The molecule has 2 aromatic carbocycles. The molecular formula is C27H34O6. The summed E-state index contributed by atoms with van der Waals surface area (Å²) >= 11 is 0. The molecule has 0 spiro atoms. The van der Waals surface area contributed by atoms with Crippen LogP contribution in [0.15, 0.2) is 54.6 Å². The van der Waals surface area contributed by atoms with Gasteiger partial charge < -0.3 is 18.9 Å². The molecule has 6 heteroatoms.